The quantitative estimate of drug-likeness (QED) is 0.826. The lowest BCUT2D eigenvalue weighted by Gasteiger charge is -2.35. The first-order valence-corrected chi connectivity index (χ1v) is 9.30. The van der Waals surface area contributed by atoms with Crippen LogP contribution < -0.4 is 0 Å². The molecule has 0 aromatic heterocycles. The van der Waals surface area contributed by atoms with Crippen LogP contribution in [0.5, 0.6) is 0 Å². The molecule has 1 aromatic carbocycles. The van der Waals surface area contributed by atoms with Crippen LogP contribution in [0.25, 0.3) is 0 Å². The lowest BCUT2D eigenvalue weighted by Crippen LogP contribution is -2.44. The number of amides is 1. The summed E-state index contributed by atoms with van der Waals surface area (Å²) >= 11 is 0. The Balaban J connectivity index is 1.67. The average Bonchev–Trinajstić information content (AvgIpc) is 2.55. The molecule has 0 atom stereocenters. The summed E-state index contributed by atoms with van der Waals surface area (Å²) in [6.45, 7) is 12.7. The van der Waals surface area contributed by atoms with Crippen LogP contribution in [0.4, 0.5) is 4.79 Å². The zero-order chi connectivity index (χ0) is 18.0. The smallest absolute Gasteiger partial charge is 0.410 e. The van der Waals surface area contributed by atoms with Gasteiger partial charge in [-0.1, -0.05) is 18.2 Å². The molecule has 2 aliphatic rings. The maximum absolute atomic E-state index is 12.3. The predicted octanol–water partition coefficient (Wildman–Crippen LogP) is 2.73. The summed E-state index contributed by atoms with van der Waals surface area (Å²) in [6, 6.07) is 6.53. The van der Waals surface area contributed by atoms with Gasteiger partial charge in [0.25, 0.3) is 0 Å². The molecule has 0 spiro atoms. The van der Waals surface area contributed by atoms with Crippen LogP contribution in [0.3, 0.4) is 0 Å². The normalized spacial score (nSPS) is 19.6. The molecule has 5 nitrogen and oxygen atoms in total. The molecule has 1 aromatic rings. The van der Waals surface area contributed by atoms with E-state index in [9.17, 15) is 4.79 Å². The number of piperazine rings is 1. The molecular formula is C20H31N3O2. The Hall–Kier alpha value is -1.59. The van der Waals surface area contributed by atoms with Crippen LogP contribution in [0.15, 0.2) is 18.2 Å². The minimum Gasteiger partial charge on any atom is -0.444 e. The molecule has 5 heteroatoms. The highest BCUT2D eigenvalue weighted by molar-refractivity contribution is 5.68. The second-order valence-electron chi connectivity index (χ2n) is 8.29. The second kappa shape index (κ2) is 7.34. The molecule has 138 valence electrons. The second-order valence-corrected chi connectivity index (χ2v) is 8.29. The van der Waals surface area contributed by atoms with E-state index in [0.29, 0.717) is 6.54 Å². The SMILES string of the molecule is CN1CCN(Cc2cccc3c2CCN(C(=O)OC(C)(C)C)C3)CC1. The molecule has 0 N–H and O–H groups in total. The van der Waals surface area contributed by atoms with E-state index in [1.54, 1.807) is 0 Å². The number of nitrogens with zero attached hydrogens (tertiary/aromatic N) is 3. The zero-order valence-electron chi connectivity index (χ0n) is 16.0. The van der Waals surface area contributed by atoms with Gasteiger partial charge in [-0.05, 0) is 50.9 Å². The van der Waals surface area contributed by atoms with Crippen molar-refractivity contribution in [3.05, 3.63) is 34.9 Å². The van der Waals surface area contributed by atoms with Crippen molar-refractivity contribution in [2.45, 2.75) is 45.9 Å². The van der Waals surface area contributed by atoms with E-state index < -0.39 is 5.60 Å². The third-order valence-electron chi connectivity index (χ3n) is 5.00. The Kier molecular flexibility index (Phi) is 5.35. The number of carbonyl (C=O) groups is 1. The summed E-state index contributed by atoms with van der Waals surface area (Å²) in [5.74, 6) is 0. The number of carbonyl (C=O) groups excluding carboxylic acids is 1. The standard InChI is InChI=1S/C20H31N3O2/c1-20(2,3)25-19(24)23-9-8-18-16(6-5-7-17(18)15-23)14-22-12-10-21(4)11-13-22/h5-7H,8-15H2,1-4H3. The van der Waals surface area contributed by atoms with Gasteiger partial charge in [0.1, 0.15) is 5.60 Å². The third kappa shape index (κ3) is 4.73. The fourth-order valence-electron chi connectivity index (χ4n) is 3.57. The summed E-state index contributed by atoms with van der Waals surface area (Å²) in [4.78, 5) is 19.1. The van der Waals surface area contributed by atoms with E-state index in [1.807, 2.05) is 25.7 Å². The van der Waals surface area contributed by atoms with Crippen molar-refractivity contribution < 1.29 is 9.53 Å². The van der Waals surface area contributed by atoms with Crippen LogP contribution in [-0.2, 0) is 24.2 Å². The topological polar surface area (TPSA) is 36.0 Å². The van der Waals surface area contributed by atoms with Crippen LogP contribution in [0.2, 0.25) is 0 Å². The van der Waals surface area contributed by atoms with Gasteiger partial charge >= 0.3 is 6.09 Å². The summed E-state index contributed by atoms with van der Waals surface area (Å²) in [7, 11) is 2.19. The van der Waals surface area contributed by atoms with Gasteiger partial charge in [-0.25, -0.2) is 4.79 Å². The maximum atomic E-state index is 12.3. The van der Waals surface area contributed by atoms with Gasteiger partial charge in [-0.15, -0.1) is 0 Å². The first-order chi connectivity index (χ1) is 11.8. The molecule has 1 amide bonds. The van der Waals surface area contributed by atoms with Gasteiger partial charge in [0.2, 0.25) is 0 Å². The lowest BCUT2D eigenvalue weighted by molar-refractivity contribution is 0.0223. The molecule has 2 heterocycles. The lowest BCUT2D eigenvalue weighted by atomic mass is 9.94. The number of benzene rings is 1. The maximum Gasteiger partial charge on any atom is 0.410 e. The first kappa shape index (κ1) is 18.2. The van der Waals surface area contributed by atoms with Gasteiger partial charge in [-0.2, -0.15) is 0 Å². The molecule has 2 aliphatic heterocycles. The molecule has 0 saturated carbocycles. The molecule has 3 rings (SSSR count). The summed E-state index contributed by atoms with van der Waals surface area (Å²) in [6.07, 6.45) is 0.709. The van der Waals surface area contributed by atoms with Crippen molar-refractivity contribution in [3.63, 3.8) is 0 Å². The van der Waals surface area contributed by atoms with E-state index in [0.717, 1.165) is 45.7 Å². The van der Waals surface area contributed by atoms with E-state index in [4.69, 9.17) is 4.74 Å². The number of rotatable bonds is 2. The molecule has 1 fully saturated rings. The molecule has 1 saturated heterocycles. The third-order valence-corrected chi connectivity index (χ3v) is 5.00. The van der Waals surface area contributed by atoms with E-state index in [-0.39, 0.29) is 6.09 Å². The highest BCUT2D eigenvalue weighted by Gasteiger charge is 2.27. The van der Waals surface area contributed by atoms with Crippen LogP contribution >= 0.6 is 0 Å². The Morgan fingerprint density at radius 3 is 2.52 bits per heavy atom. The minimum atomic E-state index is -0.444. The van der Waals surface area contributed by atoms with Crippen molar-refractivity contribution >= 4 is 6.09 Å². The molecule has 0 aliphatic carbocycles. The van der Waals surface area contributed by atoms with E-state index in [2.05, 4.69) is 35.0 Å². The average molecular weight is 345 g/mol. The molecule has 0 unspecified atom stereocenters. The molecule has 0 bridgehead atoms. The van der Waals surface area contributed by atoms with Crippen LogP contribution in [0, 0.1) is 0 Å². The van der Waals surface area contributed by atoms with Crippen molar-refractivity contribution in [1.29, 1.82) is 0 Å². The highest BCUT2D eigenvalue weighted by Crippen LogP contribution is 2.25. The van der Waals surface area contributed by atoms with Gasteiger partial charge in [0.05, 0.1) is 0 Å². The number of ether oxygens (including phenoxy) is 1. The molecule has 0 radical (unpaired) electrons. The number of hydrogen-bond acceptors (Lipinski definition) is 4. The fraction of sp³-hybridized carbons (Fsp3) is 0.650. The minimum absolute atomic E-state index is 0.206. The van der Waals surface area contributed by atoms with E-state index in [1.165, 1.54) is 16.7 Å². The predicted molar refractivity (Wildman–Crippen MR) is 99.6 cm³/mol. The number of hydrogen-bond donors (Lipinski definition) is 0. The van der Waals surface area contributed by atoms with Crippen LogP contribution in [-0.4, -0.2) is 66.2 Å². The fourth-order valence-corrected chi connectivity index (χ4v) is 3.57. The zero-order valence-corrected chi connectivity index (χ0v) is 16.0. The Morgan fingerprint density at radius 1 is 1.12 bits per heavy atom. The molecule has 25 heavy (non-hydrogen) atoms. The van der Waals surface area contributed by atoms with Crippen molar-refractivity contribution in [2.75, 3.05) is 39.8 Å². The van der Waals surface area contributed by atoms with Crippen molar-refractivity contribution in [1.82, 2.24) is 14.7 Å². The van der Waals surface area contributed by atoms with E-state index >= 15 is 0 Å². The summed E-state index contributed by atoms with van der Waals surface area (Å²) in [5, 5.41) is 0. The Labute approximate surface area is 151 Å². The van der Waals surface area contributed by atoms with Gasteiger partial charge < -0.3 is 14.5 Å². The largest absolute Gasteiger partial charge is 0.444 e. The van der Waals surface area contributed by atoms with Gasteiger partial charge in [0, 0.05) is 45.8 Å². The summed E-state index contributed by atoms with van der Waals surface area (Å²) < 4.78 is 5.53. The van der Waals surface area contributed by atoms with Crippen molar-refractivity contribution in [2.24, 2.45) is 0 Å². The first-order valence-electron chi connectivity index (χ1n) is 9.30. The summed E-state index contributed by atoms with van der Waals surface area (Å²) in [5.41, 5.74) is 3.68. The van der Waals surface area contributed by atoms with Gasteiger partial charge in [0.15, 0.2) is 0 Å². The van der Waals surface area contributed by atoms with Gasteiger partial charge in [-0.3, -0.25) is 4.90 Å². The highest BCUT2D eigenvalue weighted by atomic mass is 16.6. The van der Waals surface area contributed by atoms with Crippen molar-refractivity contribution in [3.8, 4) is 0 Å². The molecular weight excluding hydrogens is 314 g/mol. The number of fused-ring (bicyclic) bond motifs is 1. The van der Waals surface area contributed by atoms with Crippen LogP contribution in [0.1, 0.15) is 37.5 Å². The number of likely N-dealkylation sites (N-methyl/N-ethyl adjacent to an activating group) is 1. The monoisotopic (exact) mass is 345 g/mol. The Bertz CT molecular complexity index is 616. The Morgan fingerprint density at radius 2 is 1.84 bits per heavy atom.